The van der Waals surface area contributed by atoms with Gasteiger partial charge < -0.3 is 26.2 Å². The lowest BCUT2D eigenvalue weighted by molar-refractivity contribution is -0.118. The summed E-state index contributed by atoms with van der Waals surface area (Å²) in [7, 11) is 0. The number of halogens is 1. The van der Waals surface area contributed by atoms with E-state index in [2.05, 4.69) is 35.3 Å². The van der Waals surface area contributed by atoms with E-state index in [4.69, 9.17) is 10.5 Å². The summed E-state index contributed by atoms with van der Waals surface area (Å²) >= 11 is 0. The number of amides is 2. The van der Waals surface area contributed by atoms with Crippen LogP contribution in [-0.4, -0.2) is 54.0 Å². The molecule has 2 amide bonds. The highest BCUT2D eigenvalue weighted by Gasteiger charge is 2.26. The minimum Gasteiger partial charge on any atom is -0.482 e. The molecule has 5 aromatic rings. The molecule has 1 aliphatic carbocycles. The van der Waals surface area contributed by atoms with Crippen molar-refractivity contribution in [1.82, 2.24) is 29.8 Å². The number of nitrogens with one attached hydrogen (secondary N) is 3. The fraction of sp³-hybridized carbons (Fsp3) is 0.179. The van der Waals surface area contributed by atoms with Crippen LogP contribution in [0.5, 0.6) is 5.75 Å². The molecule has 7 rings (SSSR count). The molecule has 16 heteroatoms. The van der Waals surface area contributed by atoms with E-state index < -0.39 is 17.6 Å². The van der Waals surface area contributed by atoms with Crippen LogP contribution in [0.15, 0.2) is 64.3 Å². The third-order valence-electron chi connectivity index (χ3n) is 6.99. The van der Waals surface area contributed by atoms with Crippen LogP contribution in [0.1, 0.15) is 50.1 Å². The maximum atomic E-state index is 12.8. The molecule has 1 aliphatic heterocycles. The number of ether oxygens (including phenoxy) is 1. The van der Waals surface area contributed by atoms with Crippen molar-refractivity contribution in [3.05, 3.63) is 93.6 Å². The van der Waals surface area contributed by atoms with Gasteiger partial charge in [-0.3, -0.25) is 23.5 Å². The summed E-state index contributed by atoms with van der Waals surface area (Å²) in [5, 5.41) is 18.7. The van der Waals surface area contributed by atoms with Crippen LogP contribution < -0.4 is 26.9 Å². The van der Waals surface area contributed by atoms with Gasteiger partial charge in [-0.25, -0.2) is 19.6 Å². The summed E-state index contributed by atoms with van der Waals surface area (Å²) in [6.07, 6.45) is 4.14. The van der Waals surface area contributed by atoms with Gasteiger partial charge in [-0.2, -0.15) is 0 Å². The maximum absolute atomic E-state index is 12.8. The van der Waals surface area contributed by atoms with E-state index in [9.17, 15) is 24.3 Å². The average Bonchev–Trinajstić information content (AvgIpc) is 3.76. The molecule has 0 fully saturated rings. The fourth-order valence-corrected chi connectivity index (χ4v) is 4.95. The van der Waals surface area contributed by atoms with E-state index in [0.29, 0.717) is 35.8 Å². The first-order valence-electron chi connectivity index (χ1n) is 13.1. The zero-order chi connectivity index (χ0) is 30.1. The molecular weight excluding hydrogens is 596 g/mol. The number of hydrogen-bond acceptors (Lipinski definition) is 10. The second-order valence-corrected chi connectivity index (χ2v) is 9.75. The van der Waals surface area contributed by atoms with E-state index in [1.807, 2.05) is 30.3 Å². The number of carbonyl (C=O) groups is 3. The molecule has 15 nitrogen and oxygen atoms in total. The molecular formula is C28H25ClN8O7. The SMILES string of the molecule is Cl.NCc1ccc2c(c1)NC(=O)CO2.O=C(N[C@H]1CCc2cc(-c3noc(=O)[nH]3)ccc21)c1cc(C(=O)O)n2cncc2n1. The lowest BCUT2D eigenvalue weighted by atomic mass is 10.0. The Morgan fingerprint density at radius 1 is 1.16 bits per heavy atom. The molecule has 44 heavy (non-hydrogen) atoms. The Kier molecular flexibility index (Phi) is 8.41. The molecule has 226 valence electrons. The highest BCUT2D eigenvalue weighted by atomic mass is 35.5. The van der Waals surface area contributed by atoms with Gasteiger partial charge in [-0.15, -0.1) is 12.4 Å². The number of carboxylic acids is 1. The van der Waals surface area contributed by atoms with E-state index in [0.717, 1.165) is 23.1 Å². The van der Waals surface area contributed by atoms with Crippen LogP contribution in [-0.2, 0) is 17.8 Å². The number of fused-ring (bicyclic) bond motifs is 3. The number of rotatable bonds is 5. The summed E-state index contributed by atoms with van der Waals surface area (Å²) in [4.78, 5) is 57.0. The number of nitrogens with zero attached hydrogens (tertiary/aromatic N) is 4. The Morgan fingerprint density at radius 2 is 2.00 bits per heavy atom. The molecule has 0 saturated carbocycles. The number of H-pyrrole nitrogens is 1. The minimum absolute atomic E-state index is 0. The topological polar surface area (TPSA) is 220 Å². The zero-order valence-corrected chi connectivity index (χ0v) is 23.6. The van der Waals surface area contributed by atoms with Crippen LogP contribution >= 0.6 is 12.4 Å². The summed E-state index contributed by atoms with van der Waals surface area (Å²) in [6, 6.07) is 12.1. The highest BCUT2D eigenvalue weighted by Crippen LogP contribution is 2.34. The summed E-state index contributed by atoms with van der Waals surface area (Å²) in [5.41, 5.74) is 10.0. The molecule has 0 bridgehead atoms. The van der Waals surface area contributed by atoms with Gasteiger partial charge in [-0.05, 0) is 47.7 Å². The van der Waals surface area contributed by atoms with Crippen molar-refractivity contribution >= 4 is 41.5 Å². The Morgan fingerprint density at radius 3 is 2.75 bits per heavy atom. The van der Waals surface area contributed by atoms with Crippen molar-refractivity contribution in [2.75, 3.05) is 11.9 Å². The number of hydrogen-bond donors (Lipinski definition) is 5. The van der Waals surface area contributed by atoms with Crippen LogP contribution in [0.3, 0.4) is 0 Å². The smallest absolute Gasteiger partial charge is 0.439 e. The predicted molar refractivity (Wildman–Crippen MR) is 157 cm³/mol. The van der Waals surface area contributed by atoms with E-state index in [1.165, 1.54) is 23.0 Å². The summed E-state index contributed by atoms with van der Waals surface area (Å²) in [6.45, 7) is 0.554. The summed E-state index contributed by atoms with van der Waals surface area (Å²) < 4.78 is 11.0. The standard InChI is InChI=1S/C19H14N6O5.C9H10N2O2.ClH/c26-17(13-6-14(18(27)28)25-8-20-7-15(25)21-13)22-12-4-2-9-5-10(1-3-11(9)12)16-23-19(29)30-24-16;10-4-6-1-2-8-7(3-6)11-9(12)5-13-8;/h1,3,5-8,12H,2,4H2,(H,22,26)(H,27,28)(H,23,24,29);1-3H,4-5,10H2,(H,11,12);1H/t12-;;/m0../s1. The van der Waals surface area contributed by atoms with Crippen molar-refractivity contribution in [3.63, 3.8) is 0 Å². The minimum atomic E-state index is -1.18. The molecule has 0 spiro atoms. The Labute approximate surface area is 253 Å². The number of anilines is 1. The molecule has 2 aromatic carbocycles. The molecule has 6 N–H and O–H groups in total. The summed E-state index contributed by atoms with van der Waals surface area (Å²) in [5.74, 6) is -1.35. The maximum Gasteiger partial charge on any atom is 0.439 e. The molecule has 2 aliphatic rings. The van der Waals surface area contributed by atoms with Crippen LogP contribution in [0.2, 0.25) is 0 Å². The van der Waals surface area contributed by atoms with Gasteiger partial charge in [0.25, 0.3) is 11.8 Å². The molecule has 1 atom stereocenters. The van der Waals surface area contributed by atoms with Gasteiger partial charge in [0, 0.05) is 18.2 Å². The van der Waals surface area contributed by atoms with Gasteiger partial charge >= 0.3 is 11.7 Å². The highest BCUT2D eigenvalue weighted by molar-refractivity contribution is 5.96. The van der Waals surface area contributed by atoms with Crippen molar-refractivity contribution in [1.29, 1.82) is 0 Å². The number of carboxylic acid groups (broad SMARTS) is 1. The van der Waals surface area contributed by atoms with Gasteiger partial charge in [0.15, 0.2) is 18.1 Å². The fourth-order valence-electron chi connectivity index (χ4n) is 4.95. The zero-order valence-electron chi connectivity index (χ0n) is 22.8. The molecule has 0 radical (unpaired) electrons. The van der Waals surface area contributed by atoms with Gasteiger partial charge in [0.2, 0.25) is 0 Å². The van der Waals surface area contributed by atoms with E-state index >= 15 is 0 Å². The Balaban J connectivity index is 0.000000230. The first kappa shape index (κ1) is 29.9. The molecule has 4 heterocycles. The lowest BCUT2D eigenvalue weighted by Gasteiger charge is -2.18. The largest absolute Gasteiger partial charge is 0.482 e. The monoisotopic (exact) mass is 620 g/mol. The van der Waals surface area contributed by atoms with Gasteiger partial charge in [0.05, 0.1) is 17.9 Å². The number of aromatic carboxylic acids is 1. The van der Waals surface area contributed by atoms with E-state index in [1.54, 1.807) is 6.07 Å². The second-order valence-electron chi connectivity index (χ2n) is 9.75. The van der Waals surface area contributed by atoms with Crippen molar-refractivity contribution in [2.45, 2.75) is 25.4 Å². The lowest BCUT2D eigenvalue weighted by Crippen LogP contribution is -2.28. The number of benzene rings is 2. The van der Waals surface area contributed by atoms with Crippen molar-refractivity contribution in [2.24, 2.45) is 5.73 Å². The second kappa shape index (κ2) is 12.4. The van der Waals surface area contributed by atoms with Gasteiger partial charge in [-0.1, -0.05) is 23.4 Å². The third kappa shape index (κ3) is 5.99. The van der Waals surface area contributed by atoms with Gasteiger partial charge in [0.1, 0.15) is 23.5 Å². The Bertz CT molecular complexity index is 1950. The normalized spacial score (nSPS) is 14.7. The van der Waals surface area contributed by atoms with Crippen molar-refractivity contribution in [3.8, 4) is 17.1 Å². The van der Waals surface area contributed by atoms with Crippen molar-refractivity contribution < 1.29 is 28.8 Å². The predicted octanol–water partition coefficient (Wildman–Crippen LogP) is 2.09. The number of aromatic amines is 1. The van der Waals surface area contributed by atoms with Crippen LogP contribution in [0.25, 0.3) is 17.0 Å². The first-order valence-corrected chi connectivity index (χ1v) is 13.1. The third-order valence-corrected chi connectivity index (χ3v) is 6.99. The first-order chi connectivity index (χ1) is 20.8. The number of imidazole rings is 1. The number of aryl methyl sites for hydroxylation is 1. The number of nitrogens with two attached hydrogens (primary N) is 1. The number of aromatic nitrogens is 5. The van der Waals surface area contributed by atoms with Crippen LogP contribution in [0.4, 0.5) is 5.69 Å². The average molecular weight is 621 g/mol. The quantitative estimate of drug-likeness (QED) is 0.191. The van der Waals surface area contributed by atoms with E-state index in [-0.39, 0.29) is 48.0 Å². The van der Waals surface area contributed by atoms with Crippen LogP contribution in [0, 0.1) is 0 Å². The Hall–Kier alpha value is -5.54. The molecule has 3 aromatic heterocycles. The molecule has 0 saturated heterocycles. The number of carbonyl (C=O) groups excluding carboxylic acids is 2. The molecule has 0 unspecified atom stereocenters.